The van der Waals surface area contributed by atoms with Crippen molar-refractivity contribution in [2.75, 3.05) is 14.2 Å². The molecule has 5 rings (SSSR count). The molecule has 4 heteroatoms. The van der Waals surface area contributed by atoms with Crippen LogP contribution in [0.3, 0.4) is 0 Å². The minimum atomic E-state index is -0.668. The van der Waals surface area contributed by atoms with Crippen molar-refractivity contribution >= 4 is 11.4 Å². The Labute approximate surface area is 158 Å². The van der Waals surface area contributed by atoms with E-state index < -0.39 is 11.2 Å². The van der Waals surface area contributed by atoms with Crippen molar-refractivity contribution in [3.05, 3.63) is 65.2 Å². The molecule has 0 aromatic heterocycles. The van der Waals surface area contributed by atoms with Crippen LogP contribution >= 0.6 is 0 Å². The third-order valence-electron chi connectivity index (χ3n) is 6.58. The molecule has 0 unspecified atom stereocenters. The zero-order valence-corrected chi connectivity index (χ0v) is 15.9. The molecule has 2 aromatic rings. The lowest BCUT2D eigenvalue weighted by Gasteiger charge is -2.33. The van der Waals surface area contributed by atoms with Gasteiger partial charge in [-0.05, 0) is 42.7 Å². The minimum absolute atomic E-state index is 0.0100. The van der Waals surface area contributed by atoms with E-state index in [-0.39, 0.29) is 17.6 Å². The normalized spacial score (nSPS) is 32.9. The molecule has 4 nitrogen and oxygen atoms in total. The Balaban J connectivity index is 1.69. The maximum Gasteiger partial charge on any atom is 0.170 e. The summed E-state index contributed by atoms with van der Waals surface area (Å²) in [6.45, 7) is 4.12. The van der Waals surface area contributed by atoms with E-state index in [0.29, 0.717) is 11.5 Å². The fraction of sp³-hybridized carbons (Fsp3) is 0.348. The van der Waals surface area contributed by atoms with Gasteiger partial charge in [-0.3, -0.25) is 4.79 Å². The smallest absolute Gasteiger partial charge is 0.170 e. The highest BCUT2D eigenvalue weighted by atomic mass is 16.5. The zero-order valence-electron chi connectivity index (χ0n) is 15.9. The lowest BCUT2D eigenvalue weighted by molar-refractivity contribution is -0.124. The van der Waals surface area contributed by atoms with Crippen LogP contribution in [0.1, 0.15) is 30.5 Å². The Morgan fingerprint density at radius 3 is 2.11 bits per heavy atom. The molecule has 0 spiro atoms. The van der Waals surface area contributed by atoms with Crippen LogP contribution in [-0.4, -0.2) is 20.0 Å². The van der Waals surface area contributed by atoms with Gasteiger partial charge in [-0.2, -0.15) is 0 Å². The van der Waals surface area contributed by atoms with E-state index in [0.717, 1.165) is 22.3 Å². The van der Waals surface area contributed by atoms with Gasteiger partial charge in [0, 0.05) is 11.5 Å². The summed E-state index contributed by atoms with van der Waals surface area (Å²) in [4.78, 5) is 13.4. The van der Waals surface area contributed by atoms with Gasteiger partial charge in [0.1, 0.15) is 5.60 Å². The molecule has 1 fully saturated rings. The molecular formula is C23H22O4. The van der Waals surface area contributed by atoms with Crippen LogP contribution in [0.5, 0.6) is 11.5 Å². The number of fused-ring (bicyclic) bond motifs is 8. The molecule has 0 radical (unpaired) electrons. The number of ether oxygens (including phenoxy) is 3. The van der Waals surface area contributed by atoms with E-state index >= 15 is 0 Å². The van der Waals surface area contributed by atoms with Gasteiger partial charge in [-0.25, -0.2) is 0 Å². The summed E-state index contributed by atoms with van der Waals surface area (Å²) >= 11 is 0. The highest BCUT2D eigenvalue weighted by Crippen LogP contribution is 2.68. The quantitative estimate of drug-likeness (QED) is 0.825. The van der Waals surface area contributed by atoms with Gasteiger partial charge in [0.2, 0.25) is 0 Å². The Hall–Kier alpha value is -2.59. The summed E-state index contributed by atoms with van der Waals surface area (Å²) in [6, 6.07) is 13.9. The summed E-state index contributed by atoms with van der Waals surface area (Å²) in [5.74, 6) is 1.30. The first kappa shape index (κ1) is 16.6. The van der Waals surface area contributed by atoms with Crippen LogP contribution in [0.4, 0.5) is 0 Å². The van der Waals surface area contributed by atoms with Crippen molar-refractivity contribution in [2.45, 2.75) is 25.0 Å². The molecule has 1 aliphatic carbocycles. The number of hydrogen-bond acceptors (Lipinski definition) is 4. The van der Waals surface area contributed by atoms with E-state index in [1.54, 1.807) is 14.2 Å². The van der Waals surface area contributed by atoms with Crippen LogP contribution < -0.4 is 9.47 Å². The number of allylic oxidation sites excluding steroid dienone is 1. The minimum Gasteiger partial charge on any atom is -0.493 e. The number of ketones is 1. The third kappa shape index (κ3) is 1.89. The highest BCUT2D eigenvalue weighted by Gasteiger charge is 2.69. The van der Waals surface area contributed by atoms with E-state index in [1.165, 1.54) is 0 Å². The largest absolute Gasteiger partial charge is 0.493 e. The molecule has 3 aliphatic rings. The van der Waals surface area contributed by atoms with E-state index in [2.05, 4.69) is 13.0 Å². The number of hydrogen-bond donors (Lipinski definition) is 0. The molecule has 27 heavy (non-hydrogen) atoms. The maximum atomic E-state index is 13.4. The second-order valence-corrected chi connectivity index (χ2v) is 7.88. The fourth-order valence-corrected chi connectivity index (χ4v) is 5.34. The van der Waals surface area contributed by atoms with Crippen LogP contribution in [0, 0.1) is 11.8 Å². The first-order valence-corrected chi connectivity index (χ1v) is 9.22. The van der Waals surface area contributed by atoms with Crippen LogP contribution in [0.2, 0.25) is 0 Å². The van der Waals surface area contributed by atoms with Gasteiger partial charge < -0.3 is 14.2 Å². The topological polar surface area (TPSA) is 44.8 Å². The second kappa shape index (κ2) is 5.23. The lowest BCUT2D eigenvalue weighted by atomic mass is 9.65. The highest BCUT2D eigenvalue weighted by molar-refractivity contribution is 6.24. The van der Waals surface area contributed by atoms with Crippen molar-refractivity contribution in [1.29, 1.82) is 0 Å². The Morgan fingerprint density at radius 1 is 0.926 bits per heavy atom. The monoisotopic (exact) mass is 362 g/mol. The third-order valence-corrected chi connectivity index (χ3v) is 6.58. The Bertz CT molecular complexity index is 993. The molecule has 0 N–H and O–H groups in total. The average molecular weight is 362 g/mol. The molecular weight excluding hydrogens is 340 g/mol. The fourth-order valence-electron chi connectivity index (χ4n) is 5.34. The molecule has 2 aliphatic heterocycles. The number of benzene rings is 2. The van der Waals surface area contributed by atoms with Crippen molar-refractivity contribution < 1.29 is 19.0 Å². The summed E-state index contributed by atoms with van der Waals surface area (Å²) < 4.78 is 17.6. The molecule has 138 valence electrons. The van der Waals surface area contributed by atoms with E-state index in [1.807, 2.05) is 49.4 Å². The predicted octanol–water partition coefficient (Wildman–Crippen LogP) is 4.08. The molecule has 4 atom stereocenters. The summed E-state index contributed by atoms with van der Waals surface area (Å²) in [7, 11) is 3.26. The maximum absolute atomic E-state index is 13.4. The lowest BCUT2D eigenvalue weighted by Crippen LogP contribution is -2.37. The number of Topliss-reactive ketones (excluding diaryl/α,β-unsaturated/α-hetero) is 1. The predicted molar refractivity (Wildman–Crippen MR) is 102 cm³/mol. The van der Waals surface area contributed by atoms with Crippen LogP contribution in [0.25, 0.3) is 5.57 Å². The van der Waals surface area contributed by atoms with Crippen molar-refractivity contribution in [3.63, 3.8) is 0 Å². The Kier molecular flexibility index (Phi) is 3.21. The van der Waals surface area contributed by atoms with Crippen LogP contribution in [0.15, 0.2) is 48.5 Å². The number of carbonyl (C=O) groups excluding carboxylic acids is 1. The van der Waals surface area contributed by atoms with E-state index in [9.17, 15) is 4.79 Å². The molecule has 1 saturated heterocycles. The van der Waals surface area contributed by atoms with Crippen molar-refractivity contribution in [2.24, 2.45) is 11.8 Å². The molecule has 2 bridgehead atoms. The number of carbonyl (C=O) groups is 1. The number of rotatable bonds is 3. The molecule has 0 saturated carbocycles. The van der Waals surface area contributed by atoms with Gasteiger partial charge in [0.05, 0.1) is 25.7 Å². The number of methoxy groups -OCH3 is 2. The summed E-state index contributed by atoms with van der Waals surface area (Å²) in [6.07, 6.45) is 2.12. The van der Waals surface area contributed by atoms with Gasteiger partial charge >= 0.3 is 0 Å². The van der Waals surface area contributed by atoms with Gasteiger partial charge in [0.25, 0.3) is 0 Å². The average Bonchev–Trinajstić information content (AvgIpc) is 3.24. The molecule has 2 aromatic carbocycles. The van der Waals surface area contributed by atoms with Gasteiger partial charge in [0.15, 0.2) is 17.3 Å². The standard InChI is InChI=1S/C23H22O4/c1-22-15-11-18(25-3)19(26-4)12-16(15)23(2,27-22)20-17(22)10-14(21(20)24)13-8-6-5-7-9-13/h5-12,17,20H,1-4H3/t17-,20-,22+,23-/m1/s1. The summed E-state index contributed by atoms with van der Waals surface area (Å²) in [5.41, 5.74) is 2.67. The van der Waals surface area contributed by atoms with Gasteiger partial charge in [-0.1, -0.05) is 36.4 Å². The van der Waals surface area contributed by atoms with E-state index in [4.69, 9.17) is 14.2 Å². The second-order valence-electron chi connectivity index (χ2n) is 7.88. The first-order valence-electron chi connectivity index (χ1n) is 9.22. The Morgan fingerprint density at radius 2 is 1.52 bits per heavy atom. The summed E-state index contributed by atoms with van der Waals surface area (Å²) in [5, 5.41) is 0. The molecule has 2 heterocycles. The SMILES string of the molecule is COc1cc2c(cc1OC)[C@@]1(C)O[C@]2(C)[C@@H]2C=C(c3ccccc3)C(=O)[C@@H]21. The van der Waals surface area contributed by atoms with Crippen molar-refractivity contribution in [3.8, 4) is 11.5 Å². The molecule has 0 amide bonds. The van der Waals surface area contributed by atoms with Gasteiger partial charge in [-0.15, -0.1) is 0 Å². The van der Waals surface area contributed by atoms with Crippen molar-refractivity contribution in [1.82, 2.24) is 0 Å². The first-order chi connectivity index (χ1) is 12.9. The van der Waals surface area contributed by atoms with Crippen LogP contribution in [-0.2, 0) is 20.7 Å². The zero-order chi connectivity index (χ0) is 19.0.